The number of benzene rings is 1. The molecule has 0 saturated heterocycles. The van der Waals surface area contributed by atoms with Crippen molar-refractivity contribution in [2.45, 2.75) is 25.0 Å². The van der Waals surface area contributed by atoms with Gasteiger partial charge in [0.05, 0.1) is 24.3 Å². The van der Waals surface area contributed by atoms with E-state index in [4.69, 9.17) is 11.0 Å². The smallest absolute Gasteiger partial charge is 0.404 e. The molecule has 4 N–H and O–H groups in total. The average molecular weight is 276 g/mol. The van der Waals surface area contributed by atoms with Crippen molar-refractivity contribution in [3.63, 3.8) is 0 Å². The maximum Gasteiger partial charge on any atom is 0.573 e. The van der Waals surface area contributed by atoms with Crippen LogP contribution in [0.4, 0.5) is 18.9 Å². The molecule has 0 saturated carbocycles. The summed E-state index contributed by atoms with van der Waals surface area (Å²) in [6.45, 7) is 0. The van der Waals surface area contributed by atoms with Gasteiger partial charge in [-0.1, -0.05) is 6.07 Å². The Labute approximate surface area is 106 Å². The lowest BCUT2D eigenvalue weighted by molar-refractivity contribution is -0.274. The summed E-state index contributed by atoms with van der Waals surface area (Å²) in [5.41, 5.74) is 5.02. The zero-order chi connectivity index (χ0) is 14.6. The lowest BCUT2D eigenvalue weighted by atomic mass is 10.0. The van der Waals surface area contributed by atoms with Gasteiger partial charge in [-0.3, -0.25) is 0 Å². The van der Waals surface area contributed by atoms with Gasteiger partial charge in [0.15, 0.2) is 5.75 Å². The van der Waals surface area contributed by atoms with Gasteiger partial charge in [-0.25, -0.2) is 0 Å². The second-order valence-corrected chi connectivity index (χ2v) is 3.72. The molecule has 2 unspecified atom stereocenters. The van der Waals surface area contributed by atoms with Crippen LogP contribution in [0, 0.1) is 11.3 Å². The minimum Gasteiger partial charge on any atom is -0.404 e. The van der Waals surface area contributed by atoms with Crippen LogP contribution in [-0.2, 0) is 0 Å². The van der Waals surface area contributed by atoms with Gasteiger partial charge >= 0.3 is 6.36 Å². The van der Waals surface area contributed by atoms with E-state index < -0.39 is 24.3 Å². The number of nitrogens with zero attached hydrogens (tertiary/aromatic N) is 1. The van der Waals surface area contributed by atoms with Crippen molar-refractivity contribution in [2.24, 2.45) is 0 Å². The minimum atomic E-state index is -4.91. The summed E-state index contributed by atoms with van der Waals surface area (Å²) < 4.78 is 40.0. The van der Waals surface area contributed by atoms with E-state index in [-0.39, 0.29) is 17.7 Å². The summed E-state index contributed by atoms with van der Waals surface area (Å²) >= 11 is 0. The van der Waals surface area contributed by atoms with Crippen LogP contribution in [0.3, 0.4) is 0 Å². The SMILES string of the molecule is N#CCC(O)C(O)c1ccc(N)c(OC(F)(F)F)c1. The van der Waals surface area contributed by atoms with E-state index in [1.807, 2.05) is 0 Å². The number of nitrogen functional groups attached to an aromatic ring is 1. The normalized spacial score (nSPS) is 14.5. The molecule has 0 heterocycles. The number of alkyl halides is 3. The van der Waals surface area contributed by atoms with E-state index in [0.29, 0.717) is 0 Å². The third kappa shape index (κ3) is 4.31. The number of nitriles is 1. The molecule has 104 valence electrons. The lowest BCUT2D eigenvalue weighted by Crippen LogP contribution is -2.20. The Kier molecular flexibility index (Phi) is 4.58. The highest BCUT2D eigenvalue weighted by molar-refractivity contribution is 5.54. The number of ether oxygens (including phenoxy) is 1. The van der Waals surface area contributed by atoms with Crippen LogP contribution < -0.4 is 10.5 Å². The molecule has 1 aromatic rings. The summed E-state index contributed by atoms with van der Waals surface area (Å²) in [4.78, 5) is 0. The third-order valence-corrected chi connectivity index (χ3v) is 2.27. The largest absolute Gasteiger partial charge is 0.573 e. The number of hydrogen-bond donors (Lipinski definition) is 3. The molecule has 5 nitrogen and oxygen atoms in total. The van der Waals surface area contributed by atoms with E-state index in [1.165, 1.54) is 6.07 Å². The summed E-state index contributed by atoms with van der Waals surface area (Å²) in [5.74, 6) is -0.673. The fourth-order valence-corrected chi connectivity index (χ4v) is 1.38. The summed E-state index contributed by atoms with van der Waals surface area (Å²) in [5, 5.41) is 27.4. The van der Waals surface area contributed by atoms with Crippen molar-refractivity contribution in [1.29, 1.82) is 5.26 Å². The van der Waals surface area contributed by atoms with E-state index in [0.717, 1.165) is 12.1 Å². The average Bonchev–Trinajstić information content (AvgIpc) is 2.29. The van der Waals surface area contributed by atoms with Crippen molar-refractivity contribution >= 4 is 5.69 Å². The highest BCUT2D eigenvalue weighted by Gasteiger charge is 2.32. The zero-order valence-electron chi connectivity index (χ0n) is 9.55. The van der Waals surface area contributed by atoms with Crippen LogP contribution in [0.25, 0.3) is 0 Å². The van der Waals surface area contributed by atoms with Crippen LogP contribution in [0.15, 0.2) is 18.2 Å². The lowest BCUT2D eigenvalue weighted by Gasteiger charge is -2.18. The number of hydrogen-bond acceptors (Lipinski definition) is 5. The van der Waals surface area contributed by atoms with Crippen LogP contribution in [0.2, 0.25) is 0 Å². The molecule has 0 aromatic heterocycles. The van der Waals surface area contributed by atoms with Crippen molar-refractivity contribution in [3.8, 4) is 11.8 Å². The molecule has 0 spiro atoms. The van der Waals surface area contributed by atoms with Gasteiger partial charge in [-0.05, 0) is 17.7 Å². The van der Waals surface area contributed by atoms with Crippen molar-refractivity contribution < 1.29 is 28.1 Å². The molecule has 0 amide bonds. The zero-order valence-corrected chi connectivity index (χ0v) is 9.55. The van der Waals surface area contributed by atoms with Gasteiger partial charge in [0.1, 0.15) is 6.10 Å². The molecule has 2 atom stereocenters. The van der Waals surface area contributed by atoms with Gasteiger partial charge in [0.2, 0.25) is 0 Å². The summed E-state index contributed by atoms with van der Waals surface area (Å²) in [6, 6.07) is 4.86. The number of rotatable bonds is 4. The van der Waals surface area contributed by atoms with Gasteiger partial charge in [0.25, 0.3) is 0 Å². The molecule has 0 aliphatic heterocycles. The molecule has 8 heteroatoms. The Balaban J connectivity index is 2.99. The number of aliphatic hydroxyl groups is 2. The van der Waals surface area contributed by atoms with Crippen LogP contribution in [0.1, 0.15) is 18.1 Å². The maximum absolute atomic E-state index is 12.1. The molecule has 0 fully saturated rings. The molecule has 1 aromatic carbocycles. The fraction of sp³-hybridized carbons (Fsp3) is 0.364. The maximum atomic E-state index is 12.1. The van der Waals surface area contributed by atoms with Crippen LogP contribution in [-0.4, -0.2) is 22.7 Å². The Bertz CT molecular complexity index is 485. The molecule has 0 aliphatic rings. The first-order valence-electron chi connectivity index (χ1n) is 5.13. The number of anilines is 1. The van der Waals surface area contributed by atoms with Crippen molar-refractivity contribution in [1.82, 2.24) is 0 Å². The third-order valence-electron chi connectivity index (χ3n) is 2.27. The fourth-order valence-electron chi connectivity index (χ4n) is 1.38. The molecular weight excluding hydrogens is 265 g/mol. The van der Waals surface area contributed by atoms with Gasteiger partial charge < -0.3 is 20.7 Å². The first kappa shape index (κ1) is 15.1. The predicted octanol–water partition coefficient (Wildman–Crippen LogP) is 1.48. The quantitative estimate of drug-likeness (QED) is 0.723. The highest BCUT2D eigenvalue weighted by Crippen LogP contribution is 2.32. The van der Waals surface area contributed by atoms with Gasteiger partial charge in [-0.2, -0.15) is 5.26 Å². The van der Waals surface area contributed by atoms with Crippen molar-refractivity contribution in [3.05, 3.63) is 23.8 Å². The number of aliphatic hydroxyl groups excluding tert-OH is 2. The Hall–Kier alpha value is -1.98. The highest BCUT2D eigenvalue weighted by atomic mass is 19.4. The summed E-state index contributed by atoms with van der Waals surface area (Å²) in [7, 11) is 0. The van der Waals surface area contributed by atoms with E-state index in [9.17, 15) is 23.4 Å². The molecule has 19 heavy (non-hydrogen) atoms. The van der Waals surface area contributed by atoms with Crippen molar-refractivity contribution in [2.75, 3.05) is 5.73 Å². The molecular formula is C11H11F3N2O3. The number of nitrogens with two attached hydrogens (primary N) is 1. The predicted molar refractivity (Wildman–Crippen MR) is 58.7 cm³/mol. The summed E-state index contributed by atoms with van der Waals surface area (Å²) in [6.07, 6.45) is -8.19. The molecule has 0 aliphatic carbocycles. The van der Waals surface area contributed by atoms with Gasteiger partial charge in [-0.15, -0.1) is 13.2 Å². The van der Waals surface area contributed by atoms with Gasteiger partial charge in [0, 0.05) is 0 Å². The molecule has 0 bridgehead atoms. The first-order chi connectivity index (χ1) is 8.74. The van der Waals surface area contributed by atoms with Crippen LogP contribution in [0.5, 0.6) is 5.75 Å². The standard InChI is InChI=1S/C11H11F3N2O3/c12-11(13,14)19-9-5-6(1-2-7(9)16)10(18)8(17)3-4-15/h1-2,5,8,10,17-18H,3,16H2. The Morgan fingerprint density at radius 3 is 2.53 bits per heavy atom. The second-order valence-electron chi connectivity index (χ2n) is 3.72. The topological polar surface area (TPSA) is 99.5 Å². The van der Waals surface area contributed by atoms with E-state index in [1.54, 1.807) is 6.07 Å². The Morgan fingerprint density at radius 2 is 2.00 bits per heavy atom. The Morgan fingerprint density at radius 1 is 1.37 bits per heavy atom. The van der Waals surface area contributed by atoms with E-state index in [2.05, 4.69) is 4.74 Å². The van der Waals surface area contributed by atoms with Crippen LogP contribution >= 0.6 is 0 Å². The second kappa shape index (κ2) is 5.77. The van der Waals surface area contributed by atoms with E-state index >= 15 is 0 Å². The monoisotopic (exact) mass is 276 g/mol. The first-order valence-corrected chi connectivity index (χ1v) is 5.13. The minimum absolute atomic E-state index is 0.0313. The number of halogens is 3. The molecule has 0 radical (unpaired) electrons. The molecule has 1 rings (SSSR count).